The van der Waals surface area contributed by atoms with E-state index in [0.717, 1.165) is 66.8 Å². The third-order valence-electron chi connectivity index (χ3n) is 18.0. The molecule has 0 atom stereocenters. The summed E-state index contributed by atoms with van der Waals surface area (Å²) in [5.41, 5.74) is 18.8. The van der Waals surface area contributed by atoms with Crippen molar-refractivity contribution in [1.29, 1.82) is 0 Å². The molecule has 0 aliphatic heterocycles. The van der Waals surface area contributed by atoms with Gasteiger partial charge in [0.2, 0.25) is 5.28 Å². The maximum atomic E-state index is 9.22. The van der Waals surface area contributed by atoms with Gasteiger partial charge < -0.3 is 10.0 Å². The van der Waals surface area contributed by atoms with Crippen LogP contribution in [0.3, 0.4) is 0 Å². The van der Waals surface area contributed by atoms with E-state index in [1.165, 1.54) is 68.2 Å². The average Bonchev–Trinajstić information content (AvgIpc) is 1.39. The van der Waals surface area contributed by atoms with Crippen LogP contribution < -0.4 is 5.46 Å². The Balaban J connectivity index is 0.000000129. The lowest BCUT2D eigenvalue weighted by molar-refractivity contribution is 0.426. The summed E-state index contributed by atoms with van der Waals surface area (Å²) in [6.07, 6.45) is 0. The van der Waals surface area contributed by atoms with E-state index in [0.29, 0.717) is 34.6 Å². The van der Waals surface area contributed by atoms with Crippen molar-refractivity contribution in [2.75, 3.05) is 0 Å². The summed E-state index contributed by atoms with van der Waals surface area (Å²) in [4.78, 5) is 28.8. The molecule has 0 amide bonds. The number of thiophene rings is 2. The molecule has 484 valence electrons. The Bertz CT molecular complexity index is 5970. The molecule has 12 heteroatoms. The Labute approximate surface area is 603 Å². The van der Waals surface area contributed by atoms with Crippen molar-refractivity contribution < 1.29 is 10.0 Å². The Morgan fingerprint density at radius 3 is 0.892 bits per heavy atom. The number of hydrogen-bond donors (Lipinski definition) is 2. The molecule has 0 unspecified atom stereocenters. The topological polar surface area (TPSA) is 118 Å². The average molecular weight is 1370 g/mol. The van der Waals surface area contributed by atoms with Gasteiger partial charge >= 0.3 is 7.12 Å². The summed E-state index contributed by atoms with van der Waals surface area (Å²) < 4.78 is 5.15. The minimum atomic E-state index is -1.42. The molecule has 0 radical (unpaired) electrons. The lowest BCUT2D eigenvalue weighted by Crippen LogP contribution is -2.29. The maximum absolute atomic E-state index is 9.22. The van der Waals surface area contributed by atoms with Gasteiger partial charge in [-0.25, -0.2) is 19.9 Å². The highest BCUT2D eigenvalue weighted by atomic mass is 35.5. The summed E-state index contributed by atoms with van der Waals surface area (Å²) in [5, 5.41) is 23.8. The number of rotatable bonds is 12. The highest BCUT2D eigenvalue weighted by molar-refractivity contribution is 7.26. The first kappa shape index (κ1) is 64.5. The molecule has 4 heterocycles. The van der Waals surface area contributed by atoms with E-state index in [1.807, 2.05) is 108 Å². The van der Waals surface area contributed by atoms with Crippen molar-refractivity contribution in [2.24, 2.45) is 0 Å². The van der Waals surface area contributed by atoms with Gasteiger partial charge in [-0.2, -0.15) is 9.97 Å². The van der Waals surface area contributed by atoms with Gasteiger partial charge in [-0.1, -0.05) is 328 Å². The van der Waals surface area contributed by atoms with Gasteiger partial charge in [-0.15, -0.1) is 22.7 Å². The van der Waals surface area contributed by atoms with Crippen molar-refractivity contribution in [3.63, 3.8) is 0 Å². The third kappa shape index (κ3) is 13.7. The summed E-state index contributed by atoms with van der Waals surface area (Å²) in [7, 11) is -1.42. The number of aromatic nitrogens is 6. The number of benzene rings is 14. The minimum Gasteiger partial charge on any atom is -0.423 e. The van der Waals surface area contributed by atoms with E-state index in [9.17, 15) is 10.0 Å². The fourth-order valence-electron chi connectivity index (χ4n) is 13.0. The number of halogens is 1. The fraction of sp³-hybridized carbons (Fsp3) is 0. The third-order valence-corrected chi connectivity index (χ3v) is 20.5. The molecular formula is C90H60BClN6O2S2. The van der Waals surface area contributed by atoms with Gasteiger partial charge in [0.25, 0.3) is 0 Å². The first-order valence-electron chi connectivity index (χ1n) is 33.5. The SMILES string of the molecule is Clc1nc(-c2ccc(-c3ccccc3)cc2)nc(-c2ccccc2-c2ccccc2)n1.OB(O)c1ccc(-c2cccc3sc4ccccc4c23)cc1.c1ccc(-c2ccc(-c3nc(-c4ccc(-c5cccc6sc7ccccc7c56)cc4)nc(-c4ccccc4-c4ccccc4)n3)cc2)cc1. The van der Waals surface area contributed by atoms with Crippen molar-refractivity contribution in [3.8, 4) is 124 Å². The molecule has 0 saturated carbocycles. The highest BCUT2D eigenvalue weighted by Crippen LogP contribution is 2.43. The lowest BCUT2D eigenvalue weighted by atomic mass is 9.79. The summed E-state index contributed by atoms with van der Waals surface area (Å²) in [5.74, 6) is 3.03. The largest absolute Gasteiger partial charge is 0.488 e. The Morgan fingerprint density at radius 1 is 0.216 bits per heavy atom. The van der Waals surface area contributed by atoms with Gasteiger partial charge in [0.05, 0.1) is 0 Å². The van der Waals surface area contributed by atoms with E-state index >= 15 is 0 Å². The number of fused-ring (bicyclic) bond motifs is 6. The number of nitrogens with zero attached hydrogens (tertiary/aromatic N) is 6. The van der Waals surface area contributed by atoms with Crippen LogP contribution in [0.25, 0.3) is 164 Å². The van der Waals surface area contributed by atoms with E-state index in [4.69, 9.17) is 31.5 Å². The molecule has 8 nitrogen and oxygen atoms in total. The number of hydrogen-bond acceptors (Lipinski definition) is 10. The second kappa shape index (κ2) is 29.3. The molecule has 0 aliphatic rings. The van der Waals surface area contributed by atoms with Crippen LogP contribution in [0.15, 0.2) is 352 Å². The molecular weight excluding hydrogens is 1310 g/mol. The van der Waals surface area contributed by atoms with E-state index < -0.39 is 7.12 Å². The monoisotopic (exact) mass is 1370 g/mol. The van der Waals surface area contributed by atoms with Crippen LogP contribution in [0.1, 0.15) is 0 Å². The van der Waals surface area contributed by atoms with Gasteiger partial charge in [0.1, 0.15) is 0 Å². The minimum absolute atomic E-state index is 0.176. The van der Waals surface area contributed by atoms with E-state index in [-0.39, 0.29) is 5.28 Å². The van der Waals surface area contributed by atoms with Crippen molar-refractivity contribution in [1.82, 2.24) is 29.9 Å². The standard InChI is InChI=1S/C45H29N3S.C27H18ClN3.C18H13BO2S/c1-3-12-30(13-4-1)31-22-26-34(27-23-31)43-46-44(48-45(47-43)38-17-8-7-16-36(38)32-14-5-2-6-15-32)35-28-24-33(25-29-35)37-19-11-21-41-42(37)39-18-9-10-20-40(39)49-41;28-27-30-25(22-17-15-20(16-18-22)19-9-3-1-4-10-19)29-26(31-27)24-14-8-7-13-23(24)21-11-5-2-6-12-21;20-19(21)13-10-8-12(9-11-13)14-5-3-7-17-18(14)15-4-1-2-6-16(15)22-17/h1-29H;1-18H;1-11,20-21H. The summed E-state index contributed by atoms with van der Waals surface area (Å²) in [6, 6.07) is 120. The second-order valence-electron chi connectivity index (χ2n) is 24.4. The van der Waals surface area contributed by atoms with Crippen molar-refractivity contribution in [3.05, 3.63) is 357 Å². The van der Waals surface area contributed by atoms with Crippen LogP contribution in [0, 0.1) is 0 Å². The van der Waals surface area contributed by atoms with Crippen LogP contribution in [-0.4, -0.2) is 47.1 Å². The van der Waals surface area contributed by atoms with Gasteiger partial charge in [0.15, 0.2) is 29.1 Å². The molecule has 0 saturated heterocycles. The zero-order valence-electron chi connectivity index (χ0n) is 54.8. The van der Waals surface area contributed by atoms with Crippen LogP contribution in [0.2, 0.25) is 5.28 Å². The lowest BCUT2D eigenvalue weighted by Gasteiger charge is -2.12. The molecule has 18 rings (SSSR count). The zero-order valence-corrected chi connectivity index (χ0v) is 57.2. The van der Waals surface area contributed by atoms with Crippen molar-refractivity contribution in [2.45, 2.75) is 0 Å². The van der Waals surface area contributed by atoms with Crippen molar-refractivity contribution >= 4 is 87.2 Å². The first-order valence-corrected chi connectivity index (χ1v) is 35.5. The second-order valence-corrected chi connectivity index (χ2v) is 26.9. The molecule has 102 heavy (non-hydrogen) atoms. The zero-order chi connectivity index (χ0) is 68.7. The molecule has 2 N–H and O–H groups in total. The van der Waals surface area contributed by atoms with Crippen LogP contribution >= 0.6 is 34.3 Å². The maximum Gasteiger partial charge on any atom is 0.488 e. The predicted molar refractivity (Wildman–Crippen MR) is 427 cm³/mol. The molecule has 18 aromatic rings. The molecule has 0 spiro atoms. The van der Waals surface area contributed by atoms with E-state index in [1.54, 1.807) is 23.5 Å². The molecule has 14 aromatic carbocycles. The Morgan fingerprint density at radius 2 is 0.480 bits per heavy atom. The van der Waals surface area contributed by atoms with Crippen LogP contribution in [0.4, 0.5) is 0 Å². The summed E-state index contributed by atoms with van der Waals surface area (Å²) >= 11 is 9.95. The Kier molecular flexibility index (Phi) is 18.5. The molecule has 0 bridgehead atoms. The van der Waals surface area contributed by atoms with Crippen LogP contribution in [-0.2, 0) is 0 Å². The quantitative estimate of drug-likeness (QED) is 0.116. The molecule has 0 aliphatic carbocycles. The van der Waals surface area contributed by atoms with Gasteiger partial charge in [-0.05, 0) is 108 Å². The van der Waals surface area contributed by atoms with Gasteiger partial charge in [-0.3, -0.25) is 0 Å². The molecule has 0 fully saturated rings. The van der Waals surface area contributed by atoms with Gasteiger partial charge in [0, 0.05) is 68.2 Å². The van der Waals surface area contributed by atoms with Crippen LogP contribution in [0.5, 0.6) is 0 Å². The normalized spacial score (nSPS) is 11.1. The summed E-state index contributed by atoms with van der Waals surface area (Å²) in [6.45, 7) is 0. The smallest absolute Gasteiger partial charge is 0.423 e. The predicted octanol–water partition coefficient (Wildman–Crippen LogP) is 22.8. The first-order chi connectivity index (χ1) is 50.3. The Hall–Kier alpha value is -12.2. The molecule has 4 aromatic heterocycles. The highest BCUT2D eigenvalue weighted by Gasteiger charge is 2.20. The van der Waals surface area contributed by atoms with E-state index in [2.05, 4.69) is 253 Å². The fourth-order valence-corrected chi connectivity index (χ4v) is 15.4.